The quantitative estimate of drug-likeness (QED) is 0.114. The summed E-state index contributed by atoms with van der Waals surface area (Å²) in [5.74, 6) is -0.422. The monoisotopic (exact) mass is 470 g/mol. The molecular weight excluding hydrogens is 432 g/mol. The highest BCUT2D eigenvalue weighted by atomic mass is 32.2. The van der Waals surface area contributed by atoms with Crippen LogP contribution in [0.2, 0.25) is 0 Å². The number of unbranched alkanes of at least 4 members (excludes halogenated alkanes) is 2. The zero-order chi connectivity index (χ0) is 23.8. The van der Waals surface area contributed by atoms with E-state index >= 15 is 0 Å². The maximum atomic E-state index is 12.7. The van der Waals surface area contributed by atoms with E-state index in [-0.39, 0.29) is 11.1 Å². The van der Waals surface area contributed by atoms with Crippen molar-refractivity contribution in [1.82, 2.24) is 0 Å². The first-order chi connectivity index (χ1) is 15.5. The first kappa shape index (κ1) is 28.4. The molecule has 0 radical (unpaired) electrons. The fourth-order valence-corrected chi connectivity index (χ4v) is 3.75. The van der Waals surface area contributed by atoms with E-state index in [4.69, 9.17) is 14.7 Å². The van der Waals surface area contributed by atoms with Gasteiger partial charge in [0.1, 0.15) is 0 Å². The standard InChI is InChI=1S/C24H38O7S/c1-5-9-11-18(7-3)16-28-23(25)20-13-21(15-22(14-20)32-31-30-27)24(26)29-17-19(8-4)12-10-6-2/h13-15,18-19,27H,5-12,16-17H2,1-4H3. The molecule has 2 unspecified atom stereocenters. The second-order valence-electron chi connectivity index (χ2n) is 8.00. The third-order valence-corrected chi connectivity index (χ3v) is 6.08. The van der Waals surface area contributed by atoms with Gasteiger partial charge < -0.3 is 9.47 Å². The molecule has 0 aliphatic carbocycles. The predicted octanol–water partition coefficient (Wildman–Crippen LogP) is 6.86. The van der Waals surface area contributed by atoms with Gasteiger partial charge in [-0.1, -0.05) is 71.3 Å². The Labute approximate surface area is 196 Å². The van der Waals surface area contributed by atoms with E-state index in [0.717, 1.165) is 51.4 Å². The van der Waals surface area contributed by atoms with E-state index in [1.807, 2.05) is 0 Å². The number of esters is 2. The summed E-state index contributed by atoms with van der Waals surface area (Å²) < 4.78 is 15.5. The molecule has 2 atom stereocenters. The topological polar surface area (TPSA) is 91.3 Å². The van der Waals surface area contributed by atoms with Crippen molar-refractivity contribution in [2.24, 2.45) is 11.8 Å². The molecule has 7 nitrogen and oxygen atoms in total. The van der Waals surface area contributed by atoms with Crippen molar-refractivity contribution in [3.63, 3.8) is 0 Å². The molecule has 0 saturated carbocycles. The molecule has 1 aromatic rings. The number of hydrogen-bond acceptors (Lipinski definition) is 8. The first-order valence-corrected chi connectivity index (χ1v) is 12.4. The number of rotatable bonds is 17. The van der Waals surface area contributed by atoms with Gasteiger partial charge >= 0.3 is 11.9 Å². The zero-order valence-corrected chi connectivity index (χ0v) is 20.6. The van der Waals surface area contributed by atoms with Crippen LogP contribution in [-0.2, 0) is 18.8 Å². The Morgan fingerprint density at radius 1 is 0.844 bits per heavy atom. The van der Waals surface area contributed by atoms with Crippen LogP contribution in [0.25, 0.3) is 0 Å². The van der Waals surface area contributed by atoms with Crippen LogP contribution < -0.4 is 0 Å². The van der Waals surface area contributed by atoms with Gasteiger partial charge in [0.05, 0.1) is 36.4 Å². The molecule has 1 N–H and O–H groups in total. The minimum absolute atomic E-state index is 0.215. The van der Waals surface area contributed by atoms with Gasteiger partial charge in [-0.15, -0.1) is 4.33 Å². The average molecular weight is 471 g/mol. The first-order valence-electron chi connectivity index (χ1n) is 11.6. The summed E-state index contributed by atoms with van der Waals surface area (Å²) in [6, 6.07) is 4.51. The van der Waals surface area contributed by atoms with E-state index in [2.05, 4.69) is 37.1 Å². The number of carbonyl (C=O) groups is 2. The molecule has 0 fully saturated rings. The molecule has 0 bridgehead atoms. The van der Waals surface area contributed by atoms with Crippen LogP contribution in [0.4, 0.5) is 0 Å². The van der Waals surface area contributed by atoms with Crippen molar-refractivity contribution in [3.8, 4) is 0 Å². The predicted molar refractivity (Wildman–Crippen MR) is 124 cm³/mol. The Hall–Kier alpha value is -1.61. The van der Waals surface area contributed by atoms with E-state index in [1.54, 1.807) is 0 Å². The second-order valence-corrected chi connectivity index (χ2v) is 8.78. The smallest absolute Gasteiger partial charge is 0.338 e. The fraction of sp³-hybridized carbons (Fsp3) is 0.667. The highest BCUT2D eigenvalue weighted by molar-refractivity contribution is 7.94. The van der Waals surface area contributed by atoms with Gasteiger partial charge in [0.15, 0.2) is 0 Å². The molecule has 0 saturated heterocycles. The number of ether oxygens (including phenoxy) is 2. The minimum atomic E-state index is -0.518. The molecule has 8 heteroatoms. The highest BCUT2D eigenvalue weighted by Gasteiger charge is 2.18. The summed E-state index contributed by atoms with van der Waals surface area (Å²) in [5, 5.41) is 12.1. The number of hydrogen-bond donors (Lipinski definition) is 1. The van der Waals surface area contributed by atoms with Gasteiger partial charge in [0, 0.05) is 4.90 Å². The van der Waals surface area contributed by atoms with Gasteiger partial charge in [-0.05, 0) is 42.9 Å². The van der Waals surface area contributed by atoms with Crippen LogP contribution in [0.15, 0.2) is 23.1 Å². The van der Waals surface area contributed by atoms with E-state index < -0.39 is 11.9 Å². The summed E-state index contributed by atoms with van der Waals surface area (Å²) in [6.07, 6.45) is 8.25. The third-order valence-electron chi connectivity index (χ3n) is 5.53. The summed E-state index contributed by atoms with van der Waals surface area (Å²) in [6.45, 7) is 9.09. The van der Waals surface area contributed by atoms with Crippen LogP contribution in [0.3, 0.4) is 0 Å². The van der Waals surface area contributed by atoms with Crippen LogP contribution in [0.1, 0.15) is 99.8 Å². The molecule has 0 amide bonds. The van der Waals surface area contributed by atoms with E-state index in [1.165, 1.54) is 18.2 Å². The molecule has 1 rings (SSSR count). The molecule has 0 heterocycles. The largest absolute Gasteiger partial charge is 0.462 e. The molecule has 182 valence electrons. The zero-order valence-electron chi connectivity index (χ0n) is 19.8. The summed E-state index contributed by atoms with van der Waals surface area (Å²) >= 11 is 0.676. The minimum Gasteiger partial charge on any atom is -0.462 e. The fourth-order valence-electron chi connectivity index (χ4n) is 3.29. The maximum absolute atomic E-state index is 12.7. The molecule has 0 aromatic heterocycles. The van der Waals surface area contributed by atoms with Crippen molar-refractivity contribution in [2.45, 2.75) is 84.0 Å². The van der Waals surface area contributed by atoms with Gasteiger partial charge in [0.2, 0.25) is 0 Å². The van der Waals surface area contributed by atoms with Crippen LogP contribution in [0.5, 0.6) is 0 Å². The van der Waals surface area contributed by atoms with Gasteiger partial charge in [0.25, 0.3) is 0 Å². The molecule has 0 aliphatic heterocycles. The van der Waals surface area contributed by atoms with Crippen LogP contribution >= 0.6 is 12.0 Å². The van der Waals surface area contributed by atoms with Gasteiger partial charge in [-0.25, -0.2) is 14.8 Å². The third kappa shape index (κ3) is 10.8. The molecule has 0 aliphatic rings. The van der Waals surface area contributed by atoms with E-state index in [0.29, 0.717) is 42.0 Å². The van der Waals surface area contributed by atoms with Crippen molar-refractivity contribution in [3.05, 3.63) is 29.3 Å². The summed E-state index contributed by atoms with van der Waals surface area (Å²) in [4.78, 5) is 25.7. The Morgan fingerprint density at radius 2 is 1.31 bits per heavy atom. The molecule has 32 heavy (non-hydrogen) atoms. The molecule has 0 spiro atoms. The Bertz CT molecular complexity index is 630. The van der Waals surface area contributed by atoms with Crippen molar-refractivity contribution >= 4 is 24.0 Å². The Balaban J connectivity index is 2.89. The summed E-state index contributed by atoms with van der Waals surface area (Å²) in [5.41, 5.74) is 0.429. The SMILES string of the molecule is CCCCC(CC)COC(=O)c1cc(SOOO)cc(C(=O)OCC(CC)CCCC)c1. The van der Waals surface area contributed by atoms with Crippen molar-refractivity contribution < 1.29 is 33.7 Å². The van der Waals surface area contributed by atoms with E-state index in [9.17, 15) is 9.59 Å². The lowest BCUT2D eigenvalue weighted by atomic mass is 10.0. The number of benzene rings is 1. The van der Waals surface area contributed by atoms with Gasteiger partial charge in [-0.3, -0.25) is 0 Å². The highest BCUT2D eigenvalue weighted by Crippen LogP contribution is 2.24. The van der Waals surface area contributed by atoms with Crippen molar-refractivity contribution in [1.29, 1.82) is 0 Å². The lowest BCUT2D eigenvalue weighted by molar-refractivity contribution is -0.432. The van der Waals surface area contributed by atoms with Crippen molar-refractivity contribution in [2.75, 3.05) is 13.2 Å². The van der Waals surface area contributed by atoms with Gasteiger partial charge in [-0.2, -0.15) is 0 Å². The molecule has 1 aromatic carbocycles. The average Bonchev–Trinajstić information content (AvgIpc) is 2.82. The lowest BCUT2D eigenvalue weighted by Crippen LogP contribution is -2.16. The maximum Gasteiger partial charge on any atom is 0.338 e. The Morgan fingerprint density at radius 3 is 1.69 bits per heavy atom. The molecular formula is C24H38O7S. The normalized spacial score (nSPS) is 12.9. The summed E-state index contributed by atoms with van der Waals surface area (Å²) in [7, 11) is 0. The van der Waals surface area contributed by atoms with Crippen LogP contribution in [-0.4, -0.2) is 30.4 Å². The number of carbonyl (C=O) groups excluding carboxylic acids is 2. The Kier molecular flexibility index (Phi) is 15.1. The lowest BCUT2D eigenvalue weighted by Gasteiger charge is -2.16. The van der Waals surface area contributed by atoms with Crippen LogP contribution in [0, 0.1) is 11.8 Å². The second kappa shape index (κ2) is 16.9.